The predicted octanol–water partition coefficient (Wildman–Crippen LogP) is 1.95. The summed E-state index contributed by atoms with van der Waals surface area (Å²) < 4.78 is 0. The van der Waals surface area contributed by atoms with Gasteiger partial charge in [0.15, 0.2) is 0 Å². The molecule has 76 valence electrons. The quantitative estimate of drug-likeness (QED) is 0.692. The van der Waals surface area contributed by atoms with Crippen molar-refractivity contribution in [3.63, 3.8) is 0 Å². The van der Waals surface area contributed by atoms with E-state index in [0.717, 1.165) is 0 Å². The molecule has 0 aromatic carbocycles. The maximum atomic E-state index is 11.8. The number of thiol groups is 1. The van der Waals surface area contributed by atoms with Gasteiger partial charge in [-0.25, -0.2) is 0 Å². The van der Waals surface area contributed by atoms with Crippen LogP contribution in [0.1, 0.15) is 33.1 Å². The van der Waals surface area contributed by atoms with Crippen LogP contribution in [0, 0.1) is 5.92 Å². The van der Waals surface area contributed by atoms with Crippen LogP contribution >= 0.6 is 12.6 Å². The number of carbonyl (C=O) groups excluding carboxylic acids is 1. The second-order valence-corrected chi connectivity index (χ2v) is 4.78. The number of carbonyl (C=O) groups is 1. The first-order chi connectivity index (χ1) is 6.04. The van der Waals surface area contributed by atoms with Gasteiger partial charge in [-0.2, -0.15) is 12.6 Å². The molecule has 1 amide bonds. The molecule has 1 aliphatic carbocycles. The minimum atomic E-state index is -0.134. The monoisotopic (exact) mass is 201 g/mol. The zero-order chi connectivity index (χ0) is 10.0. The fraction of sp³-hybridized carbons (Fsp3) is 0.900. The smallest absolute Gasteiger partial charge is 0.235 e. The third-order valence-corrected chi connectivity index (χ3v) is 3.67. The first-order valence-corrected chi connectivity index (χ1v) is 5.50. The minimum Gasteiger partial charge on any atom is -0.342 e. The Morgan fingerprint density at radius 2 is 2.00 bits per heavy atom. The van der Waals surface area contributed by atoms with E-state index in [4.69, 9.17) is 0 Å². The van der Waals surface area contributed by atoms with Crippen molar-refractivity contribution in [2.75, 3.05) is 7.05 Å². The third-order valence-electron chi connectivity index (χ3n) is 2.85. The van der Waals surface area contributed by atoms with E-state index in [1.807, 2.05) is 25.8 Å². The van der Waals surface area contributed by atoms with Crippen molar-refractivity contribution >= 4 is 18.5 Å². The summed E-state index contributed by atoms with van der Waals surface area (Å²) in [4.78, 5) is 13.6. The van der Waals surface area contributed by atoms with Gasteiger partial charge in [0.25, 0.3) is 0 Å². The van der Waals surface area contributed by atoms with Crippen molar-refractivity contribution in [3.05, 3.63) is 0 Å². The molecule has 0 bridgehead atoms. The molecule has 0 aromatic rings. The SMILES string of the molecule is CC(C)C(S)C(=O)N(C)C1CCC1. The molecule has 0 N–H and O–H groups in total. The van der Waals surface area contributed by atoms with Crippen LogP contribution in [-0.2, 0) is 4.79 Å². The second kappa shape index (κ2) is 4.36. The molecule has 0 radical (unpaired) electrons. The highest BCUT2D eigenvalue weighted by Crippen LogP contribution is 2.25. The first-order valence-electron chi connectivity index (χ1n) is 4.98. The average molecular weight is 201 g/mol. The summed E-state index contributed by atoms with van der Waals surface area (Å²) in [5.41, 5.74) is 0. The molecule has 0 saturated heterocycles. The van der Waals surface area contributed by atoms with Crippen molar-refractivity contribution in [3.8, 4) is 0 Å². The minimum absolute atomic E-state index is 0.134. The topological polar surface area (TPSA) is 20.3 Å². The molecule has 0 heterocycles. The van der Waals surface area contributed by atoms with Crippen LogP contribution in [0.15, 0.2) is 0 Å². The molecule has 3 heteroatoms. The van der Waals surface area contributed by atoms with Crippen LogP contribution in [-0.4, -0.2) is 29.1 Å². The number of rotatable bonds is 3. The first kappa shape index (κ1) is 10.9. The van der Waals surface area contributed by atoms with Gasteiger partial charge in [-0.15, -0.1) is 0 Å². The van der Waals surface area contributed by atoms with Gasteiger partial charge >= 0.3 is 0 Å². The highest BCUT2D eigenvalue weighted by molar-refractivity contribution is 7.81. The lowest BCUT2D eigenvalue weighted by Crippen LogP contribution is -2.45. The van der Waals surface area contributed by atoms with Gasteiger partial charge < -0.3 is 4.90 Å². The summed E-state index contributed by atoms with van der Waals surface area (Å²) in [6, 6.07) is 0.487. The van der Waals surface area contributed by atoms with Crippen molar-refractivity contribution in [1.29, 1.82) is 0 Å². The van der Waals surface area contributed by atoms with E-state index in [-0.39, 0.29) is 11.2 Å². The van der Waals surface area contributed by atoms with Crippen LogP contribution in [0.4, 0.5) is 0 Å². The van der Waals surface area contributed by atoms with Crippen LogP contribution in [0.25, 0.3) is 0 Å². The summed E-state index contributed by atoms with van der Waals surface area (Å²) in [5.74, 6) is 0.501. The Balaban J connectivity index is 2.45. The van der Waals surface area contributed by atoms with Crippen LogP contribution in [0.2, 0.25) is 0 Å². The van der Waals surface area contributed by atoms with E-state index < -0.39 is 0 Å². The van der Waals surface area contributed by atoms with Crippen LogP contribution < -0.4 is 0 Å². The molecule has 1 fully saturated rings. The van der Waals surface area contributed by atoms with E-state index >= 15 is 0 Å². The summed E-state index contributed by atoms with van der Waals surface area (Å²) in [7, 11) is 1.90. The standard InChI is InChI=1S/C10H19NOS/c1-7(2)9(13)10(12)11(3)8-5-4-6-8/h7-9,13H,4-6H2,1-3H3. The number of nitrogens with zero attached hydrogens (tertiary/aromatic N) is 1. The van der Waals surface area contributed by atoms with E-state index in [2.05, 4.69) is 12.6 Å². The zero-order valence-electron chi connectivity index (χ0n) is 8.66. The molecule has 1 rings (SSSR count). The van der Waals surface area contributed by atoms with Gasteiger partial charge in [-0.1, -0.05) is 13.8 Å². The molecular formula is C10H19NOS. The number of amides is 1. The van der Waals surface area contributed by atoms with Crippen molar-refractivity contribution < 1.29 is 4.79 Å². The lowest BCUT2D eigenvalue weighted by molar-refractivity contribution is -0.133. The number of hydrogen-bond donors (Lipinski definition) is 1. The molecule has 1 atom stereocenters. The Morgan fingerprint density at radius 1 is 1.46 bits per heavy atom. The third kappa shape index (κ3) is 2.39. The fourth-order valence-corrected chi connectivity index (χ4v) is 1.63. The Hall–Kier alpha value is -0.180. The Kier molecular flexibility index (Phi) is 3.65. The largest absolute Gasteiger partial charge is 0.342 e. The molecule has 1 unspecified atom stereocenters. The normalized spacial score (nSPS) is 19.8. The maximum absolute atomic E-state index is 11.8. The molecule has 0 aliphatic heterocycles. The van der Waals surface area contributed by atoms with Gasteiger partial charge in [-0.3, -0.25) is 4.79 Å². The van der Waals surface area contributed by atoms with Crippen LogP contribution in [0.5, 0.6) is 0 Å². The van der Waals surface area contributed by atoms with E-state index in [1.54, 1.807) is 0 Å². The molecule has 13 heavy (non-hydrogen) atoms. The highest BCUT2D eigenvalue weighted by atomic mass is 32.1. The molecular weight excluding hydrogens is 182 g/mol. The average Bonchev–Trinajstić information content (AvgIpc) is 1.98. The number of hydrogen-bond acceptors (Lipinski definition) is 2. The van der Waals surface area contributed by atoms with Crippen molar-refractivity contribution in [1.82, 2.24) is 4.90 Å². The van der Waals surface area contributed by atoms with Crippen LogP contribution in [0.3, 0.4) is 0 Å². The summed E-state index contributed by atoms with van der Waals surface area (Å²) in [5, 5.41) is -0.134. The lowest BCUT2D eigenvalue weighted by atomic mass is 9.91. The van der Waals surface area contributed by atoms with Gasteiger partial charge in [0.05, 0.1) is 5.25 Å². The molecule has 0 spiro atoms. The second-order valence-electron chi connectivity index (χ2n) is 4.22. The van der Waals surface area contributed by atoms with Crippen molar-refractivity contribution in [2.45, 2.75) is 44.4 Å². The summed E-state index contributed by atoms with van der Waals surface area (Å²) in [6.07, 6.45) is 3.60. The maximum Gasteiger partial charge on any atom is 0.235 e. The molecule has 2 nitrogen and oxygen atoms in total. The van der Waals surface area contributed by atoms with Gasteiger partial charge in [-0.05, 0) is 25.2 Å². The van der Waals surface area contributed by atoms with E-state index in [0.29, 0.717) is 12.0 Å². The van der Waals surface area contributed by atoms with Gasteiger partial charge in [0, 0.05) is 13.1 Å². The lowest BCUT2D eigenvalue weighted by Gasteiger charge is -2.36. The summed E-state index contributed by atoms with van der Waals surface area (Å²) in [6.45, 7) is 4.06. The predicted molar refractivity (Wildman–Crippen MR) is 58.0 cm³/mol. The molecule has 1 aliphatic rings. The van der Waals surface area contributed by atoms with Crippen molar-refractivity contribution in [2.24, 2.45) is 5.92 Å². The summed E-state index contributed by atoms with van der Waals surface area (Å²) >= 11 is 4.33. The van der Waals surface area contributed by atoms with E-state index in [1.165, 1.54) is 19.3 Å². The molecule has 0 aromatic heterocycles. The zero-order valence-corrected chi connectivity index (χ0v) is 9.55. The fourth-order valence-electron chi connectivity index (χ4n) is 1.45. The van der Waals surface area contributed by atoms with Gasteiger partial charge in [0.2, 0.25) is 5.91 Å². The Morgan fingerprint density at radius 3 is 2.31 bits per heavy atom. The molecule has 1 saturated carbocycles. The Bertz CT molecular complexity index is 189. The Labute approximate surface area is 86.1 Å². The van der Waals surface area contributed by atoms with E-state index in [9.17, 15) is 4.79 Å². The highest BCUT2D eigenvalue weighted by Gasteiger charge is 2.29. The van der Waals surface area contributed by atoms with Gasteiger partial charge in [0.1, 0.15) is 0 Å².